The van der Waals surface area contributed by atoms with Gasteiger partial charge in [0.25, 0.3) is 0 Å². The molecule has 23 heavy (non-hydrogen) atoms. The first-order valence-electron chi connectivity index (χ1n) is 8.39. The fourth-order valence-corrected chi connectivity index (χ4v) is 3.94. The lowest BCUT2D eigenvalue weighted by Crippen LogP contribution is -2.37. The van der Waals surface area contributed by atoms with Gasteiger partial charge in [0.2, 0.25) is 0 Å². The summed E-state index contributed by atoms with van der Waals surface area (Å²) in [6.07, 6.45) is 1.08. The lowest BCUT2D eigenvalue weighted by molar-refractivity contribution is 0.120. The van der Waals surface area contributed by atoms with Crippen molar-refractivity contribution in [3.8, 4) is 0 Å². The van der Waals surface area contributed by atoms with Crippen LogP contribution in [-0.4, -0.2) is 21.6 Å². The number of rotatable bonds is 3. The Morgan fingerprint density at radius 3 is 2.91 bits per heavy atom. The van der Waals surface area contributed by atoms with Gasteiger partial charge >= 0.3 is 0 Å². The van der Waals surface area contributed by atoms with Gasteiger partial charge in [0.05, 0.1) is 18.3 Å². The van der Waals surface area contributed by atoms with Gasteiger partial charge in [-0.15, -0.1) is 0 Å². The summed E-state index contributed by atoms with van der Waals surface area (Å²) < 4.78 is 5.44. The highest BCUT2D eigenvalue weighted by Crippen LogP contribution is 2.39. The molecule has 0 amide bonds. The van der Waals surface area contributed by atoms with Crippen LogP contribution < -0.4 is 0 Å². The standard InChI is InChI=1S/C19H23N3O/c1-12(2)19-18-16(15-6-4-5-7-17(15)20-18)8-9-22(19)11-14-10-13(3)21-23-14/h4-7,10,12,19-20H,8-9,11H2,1-3H3/t19-/m1/s1. The van der Waals surface area contributed by atoms with Crippen molar-refractivity contribution in [2.24, 2.45) is 5.92 Å². The molecule has 0 saturated heterocycles. The first-order chi connectivity index (χ1) is 11.1. The second-order valence-electron chi connectivity index (χ2n) is 6.91. The molecule has 3 heterocycles. The van der Waals surface area contributed by atoms with Crippen LogP contribution in [0.15, 0.2) is 34.9 Å². The van der Waals surface area contributed by atoms with Gasteiger partial charge in [-0.1, -0.05) is 37.2 Å². The highest BCUT2D eigenvalue weighted by atomic mass is 16.5. The highest BCUT2D eigenvalue weighted by Gasteiger charge is 2.32. The minimum Gasteiger partial charge on any atom is -0.360 e. The van der Waals surface area contributed by atoms with E-state index in [0.29, 0.717) is 12.0 Å². The SMILES string of the molecule is Cc1cc(CN2CCc3c([nH]c4ccccc34)[C@H]2C(C)C)on1. The summed E-state index contributed by atoms with van der Waals surface area (Å²) in [7, 11) is 0. The molecule has 0 bridgehead atoms. The first-order valence-corrected chi connectivity index (χ1v) is 8.39. The molecule has 4 heteroatoms. The molecule has 4 rings (SSSR count). The zero-order valence-electron chi connectivity index (χ0n) is 14.0. The Morgan fingerprint density at radius 1 is 1.35 bits per heavy atom. The van der Waals surface area contributed by atoms with Crippen LogP contribution in [0.3, 0.4) is 0 Å². The number of benzene rings is 1. The Bertz CT molecular complexity index is 830. The Balaban J connectivity index is 1.73. The quantitative estimate of drug-likeness (QED) is 0.788. The molecule has 120 valence electrons. The normalized spacial score (nSPS) is 18.7. The van der Waals surface area contributed by atoms with Gasteiger partial charge in [0.1, 0.15) is 0 Å². The van der Waals surface area contributed by atoms with Crippen molar-refractivity contribution >= 4 is 10.9 Å². The van der Waals surface area contributed by atoms with E-state index in [0.717, 1.165) is 31.0 Å². The summed E-state index contributed by atoms with van der Waals surface area (Å²) >= 11 is 0. The van der Waals surface area contributed by atoms with Crippen LogP contribution in [0.4, 0.5) is 0 Å². The summed E-state index contributed by atoms with van der Waals surface area (Å²) in [5.74, 6) is 1.49. The number of H-pyrrole nitrogens is 1. The fraction of sp³-hybridized carbons (Fsp3) is 0.421. The molecule has 0 aliphatic carbocycles. The number of aryl methyl sites for hydroxylation is 1. The molecule has 3 aromatic rings. The molecule has 4 nitrogen and oxygen atoms in total. The molecule has 0 unspecified atom stereocenters. The molecule has 1 aromatic carbocycles. The maximum Gasteiger partial charge on any atom is 0.150 e. The van der Waals surface area contributed by atoms with E-state index in [4.69, 9.17) is 4.52 Å². The molecule has 0 spiro atoms. The Kier molecular flexibility index (Phi) is 3.49. The van der Waals surface area contributed by atoms with Gasteiger partial charge in [0.15, 0.2) is 5.76 Å². The number of nitrogens with one attached hydrogen (secondary N) is 1. The number of fused-ring (bicyclic) bond motifs is 3. The van der Waals surface area contributed by atoms with Crippen LogP contribution in [0, 0.1) is 12.8 Å². The predicted molar refractivity (Wildman–Crippen MR) is 91.2 cm³/mol. The number of hydrogen-bond donors (Lipinski definition) is 1. The van der Waals surface area contributed by atoms with Crippen molar-refractivity contribution in [1.82, 2.24) is 15.0 Å². The van der Waals surface area contributed by atoms with E-state index < -0.39 is 0 Å². The van der Waals surface area contributed by atoms with Crippen LogP contribution in [0.1, 0.15) is 42.6 Å². The Morgan fingerprint density at radius 2 is 2.17 bits per heavy atom. The Labute approximate surface area is 136 Å². The molecular formula is C19H23N3O. The molecule has 1 atom stereocenters. The van der Waals surface area contributed by atoms with Crippen molar-refractivity contribution < 1.29 is 4.52 Å². The molecule has 0 saturated carbocycles. The van der Waals surface area contributed by atoms with Crippen molar-refractivity contribution in [3.05, 3.63) is 53.0 Å². The van der Waals surface area contributed by atoms with Gasteiger partial charge in [0, 0.05) is 29.2 Å². The van der Waals surface area contributed by atoms with Gasteiger partial charge in [-0.25, -0.2) is 0 Å². The molecular weight excluding hydrogens is 286 g/mol. The van der Waals surface area contributed by atoms with Crippen molar-refractivity contribution in [2.45, 2.75) is 39.8 Å². The number of hydrogen-bond acceptors (Lipinski definition) is 3. The first kappa shape index (κ1) is 14.5. The van der Waals surface area contributed by atoms with Gasteiger partial charge in [-0.3, -0.25) is 4.90 Å². The van der Waals surface area contributed by atoms with E-state index in [1.807, 2.05) is 13.0 Å². The smallest absolute Gasteiger partial charge is 0.150 e. The van der Waals surface area contributed by atoms with Crippen LogP contribution in [-0.2, 0) is 13.0 Å². The highest BCUT2D eigenvalue weighted by molar-refractivity contribution is 5.85. The van der Waals surface area contributed by atoms with Crippen LogP contribution in [0.25, 0.3) is 10.9 Å². The molecule has 0 radical (unpaired) electrons. The van der Waals surface area contributed by atoms with Crippen molar-refractivity contribution in [1.29, 1.82) is 0 Å². The maximum absolute atomic E-state index is 5.44. The number of aromatic amines is 1. The van der Waals surface area contributed by atoms with Gasteiger partial charge in [-0.2, -0.15) is 0 Å². The topological polar surface area (TPSA) is 45.1 Å². The summed E-state index contributed by atoms with van der Waals surface area (Å²) in [6.45, 7) is 8.43. The molecule has 1 aliphatic rings. The molecule has 1 N–H and O–H groups in total. The average molecular weight is 309 g/mol. The number of nitrogens with zero attached hydrogens (tertiary/aromatic N) is 2. The summed E-state index contributed by atoms with van der Waals surface area (Å²) in [4.78, 5) is 6.20. The summed E-state index contributed by atoms with van der Waals surface area (Å²) in [6, 6.07) is 11.1. The monoisotopic (exact) mass is 309 g/mol. The second kappa shape index (κ2) is 5.53. The third kappa shape index (κ3) is 2.47. The van der Waals surface area contributed by atoms with Crippen LogP contribution in [0.2, 0.25) is 0 Å². The van der Waals surface area contributed by atoms with Gasteiger partial charge < -0.3 is 9.51 Å². The largest absolute Gasteiger partial charge is 0.360 e. The molecule has 1 aliphatic heterocycles. The van der Waals surface area contributed by atoms with Crippen molar-refractivity contribution in [2.75, 3.05) is 6.54 Å². The third-order valence-electron chi connectivity index (χ3n) is 4.85. The number of para-hydroxylation sites is 1. The van der Waals surface area contributed by atoms with E-state index in [-0.39, 0.29) is 0 Å². The van der Waals surface area contributed by atoms with E-state index in [9.17, 15) is 0 Å². The van der Waals surface area contributed by atoms with Crippen molar-refractivity contribution in [3.63, 3.8) is 0 Å². The zero-order valence-corrected chi connectivity index (χ0v) is 14.0. The second-order valence-corrected chi connectivity index (χ2v) is 6.91. The van der Waals surface area contributed by atoms with Gasteiger partial charge in [-0.05, 0) is 30.9 Å². The summed E-state index contributed by atoms with van der Waals surface area (Å²) in [5.41, 5.74) is 5.07. The minimum atomic E-state index is 0.386. The van der Waals surface area contributed by atoms with Crippen LogP contribution in [0.5, 0.6) is 0 Å². The van der Waals surface area contributed by atoms with E-state index in [1.165, 1.54) is 22.2 Å². The Hall–Kier alpha value is -2.07. The minimum absolute atomic E-state index is 0.386. The summed E-state index contributed by atoms with van der Waals surface area (Å²) in [5, 5.41) is 5.40. The lowest BCUT2D eigenvalue weighted by Gasteiger charge is -2.37. The zero-order chi connectivity index (χ0) is 16.0. The molecule has 0 fully saturated rings. The lowest BCUT2D eigenvalue weighted by atomic mass is 9.90. The van der Waals surface area contributed by atoms with E-state index in [1.54, 1.807) is 0 Å². The van der Waals surface area contributed by atoms with Crippen LogP contribution >= 0.6 is 0 Å². The fourth-order valence-electron chi connectivity index (χ4n) is 3.94. The third-order valence-corrected chi connectivity index (χ3v) is 4.85. The van der Waals surface area contributed by atoms with E-state index >= 15 is 0 Å². The predicted octanol–water partition coefficient (Wildman–Crippen LogP) is 4.22. The molecule has 2 aromatic heterocycles. The average Bonchev–Trinajstić information content (AvgIpc) is 3.09. The number of aromatic nitrogens is 2. The van der Waals surface area contributed by atoms with E-state index in [2.05, 4.69) is 53.2 Å². The maximum atomic E-state index is 5.44.